The number of phenolic OH excluding ortho intramolecular Hbond substituents is 1. The summed E-state index contributed by atoms with van der Waals surface area (Å²) in [6.07, 6.45) is 2.95. The minimum absolute atomic E-state index is 0.00708. The first-order valence-corrected chi connectivity index (χ1v) is 10.3. The van der Waals surface area contributed by atoms with E-state index in [0.717, 1.165) is 50.2 Å². The molecule has 1 unspecified atom stereocenters. The lowest BCUT2D eigenvalue weighted by molar-refractivity contribution is 0.0820. The molecule has 150 valence electrons. The van der Waals surface area contributed by atoms with E-state index in [-0.39, 0.29) is 11.3 Å². The number of likely N-dealkylation sites (tertiary alicyclic amines) is 1. The first kappa shape index (κ1) is 19.1. The molecule has 0 bridgehead atoms. The molecule has 1 aliphatic carbocycles. The summed E-state index contributed by atoms with van der Waals surface area (Å²) in [5.41, 5.74) is 5.59. The summed E-state index contributed by atoms with van der Waals surface area (Å²) < 4.78 is 0. The topological polar surface area (TPSA) is 59.6 Å². The molecule has 1 saturated heterocycles. The molecular formula is C23H31N3O2. The van der Waals surface area contributed by atoms with Crippen molar-refractivity contribution in [2.75, 3.05) is 33.7 Å². The zero-order chi connectivity index (χ0) is 20.1. The van der Waals surface area contributed by atoms with Crippen molar-refractivity contribution >= 4 is 5.91 Å². The van der Waals surface area contributed by atoms with Crippen molar-refractivity contribution in [3.8, 4) is 5.75 Å². The summed E-state index contributed by atoms with van der Waals surface area (Å²) in [6.45, 7) is 7.50. The number of aromatic amines is 1. The number of phenols is 1. The van der Waals surface area contributed by atoms with Gasteiger partial charge < -0.3 is 19.9 Å². The van der Waals surface area contributed by atoms with Gasteiger partial charge in [-0.3, -0.25) is 4.79 Å². The average molecular weight is 382 g/mol. The Hall–Kier alpha value is -2.27. The molecule has 2 aromatic rings. The van der Waals surface area contributed by atoms with Gasteiger partial charge in [-0.25, -0.2) is 0 Å². The van der Waals surface area contributed by atoms with Crippen LogP contribution in [-0.4, -0.2) is 59.5 Å². The largest absolute Gasteiger partial charge is 0.508 e. The molecule has 1 aliphatic heterocycles. The van der Waals surface area contributed by atoms with Gasteiger partial charge in [0.2, 0.25) is 0 Å². The van der Waals surface area contributed by atoms with Crippen LogP contribution in [-0.2, 0) is 18.3 Å². The summed E-state index contributed by atoms with van der Waals surface area (Å²) in [4.78, 5) is 20.3. The molecule has 0 spiro atoms. The minimum atomic E-state index is 0.00708. The molecule has 2 N–H and O–H groups in total. The van der Waals surface area contributed by atoms with E-state index < -0.39 is 0 Å². The SMILES string of the molecule is CCN1CC[C@]2(c3cccc(O)c3)Cc3[nH]c(C(=O)N(C)C)c(C)c3CC2C1. The maximum atomic E-state index is 12.6. The Labute approximate surface area is 167 Å². The Morgan fingerprint density at radius 2 is 2.18 bits per heavy atom. The molecule has 0 radical (unpaired) electrons. The number of nitrogens with one attached hydrogen (secondary N) is 1. The van der Waals surface area contributed by atoms with Crippen LogP contribution in [0.4, 0.5) is 0 Å². The number of carbonyl (C=O) groups excluding carboxylic acids is 1. The minimum Gasteiger partial charge on any atom is -0.508 e. The number of H-pyrrole nitrogens is 1. The normalized spacial score (nSPS) is 24.5. The van der Waals surface area contributed by atoms with Crippen molar-refractivity contribution in [2.24, 2.45) is 5.92 Å². The van der Waals surface area contributed by atoms with Crippen LogP contribution in [0, 0.1) is 12.8 Å². The van der Waals surface area contributed by atoms with Crippen molar-refractivity contribution in [1.29, 1.82) is 0 Å². The number of aromatic nitrogens is 1. The highest BCUT2D eigenvalue weighted by atomic mass is 16.3. The highest BCUT2D eigenvalue weighted by molar-refractivity contribution is 5.94. The third-order valence-corrected chi connectivity index (χ3v) is 7.03. The Balaban J connectivity index is 1.80. The Morgan fingerprint density at radius 3 is 2.86 bits per heavy atom. The first-order valence-electron chi connectivity index (χ1n) is 10.3. The summed E-state index contributed by atoms with van der Waals surface area (Å²) >= 11 is 0. The molecule has 1 fully saturated rings. The third kappa shape index (κ3) is 2.93. The van der Waals surface area contributed by atoms with Crippen LogP contribution in [0.5, 0.6) is 5.75 Å². The number of rotatable bonds is 3. The number of aromatic hydroxyl groups is 1. The van der Waals surface area contributed by atoms with Gasteiger partial charge >= 0.3 is 0 Å². The lowest BCUT2D eigenvalue weighted by Gasteiger charge is -2.51. The van der Waals surface area contributed by atoms with Gasteiger partial charge in [-0.15, -0.1) is 0 Å². The first-order chi connectivity index (χ1) is 13.4. The van der Waals surface area contributed by atoms with Crippen molar-refractivity contribution in [2.45, 2.75) is 38.5 Å². The molecule has 0 saturated carbocycles. The van der Waals surface area contributed by atoms with Gasteiger partial charge in [-0.2, -0.15) is 0 Å². The van der Waals surface area contributed by atoms with E-state index >= 15 is 0 Å². The van der Waals surface area contributed by atoms with E-state index in [1.165, 1.54) is 16.8 Å². The lowest BCUT2D eigenvalue weighted by atomic mass is 9.58. The summed E-state index contributed by atoms with van der Waals surface area (Å²) in [5, 5.41) is 10.1. The fourth-order valence-electron chi connectivity index (χ4n) is 5.34. The van der Waals surface area contributed by atoms with Crippen LogP contribution < -0.4 is 0 Å². The van der Waals surface area contributed by atoms with Crippen LogP contribution >= 0.6 is 0 Å². The molecule has 4 rings (SSSR count). The highest BCUT2D eigenvalue weighted by Gasteiger charge is 2.48. The van der Waals surface area contributed by atoms with Gasteiger partial charge in [0.1, 0.15) is 11.4 Å². The average Bonchev–Trinajstić information content (AvgIpc) is 3.00. The Kier molecular flexibility index (Phi) is 4.74. The monoisotopic (exact) mass is 381 g/mol. The van der Waals surface area contributed by atoms with Crippen molar-refractivity contribution in [3.05, 3.63) is 52.3 Å². The summed E-state index contributed by atoms with van der Waals surface area (Å²) in [5.74, 6) is 0.851. The van der Waals surface area contributed by atoms with E-state index in [9.17, 15) is 9.90 Å². The van der Waals surface area contributed by atoms with E-state index in [0.29, 0.717) is 11.7 Å². The van der Waals surface area contributed by atoms with Crippen molar-refractivity contribution in [1.82, 2.24) is 14.8 Å². The van der Waals surface area contributed by atoms with Gasteiger partial charge in [-0.05, 0) is 74.0 Å². The van der Waals surface area contributed by atoms with Crippen molar-refractivity contribution < 1.29 is 9.90 Å². The number of piperidine rings is 1. The molecule has 5 heteroatoms. The highest BCUT2D eigenvalue weighted by Crippen LogP contribution is 2.49. The van der Waals surface area contributed by atoms with Gasteiger partial charge in [0, 0.05) is 31.7 Å². The van der Waals surface area contributed by atoms with Crippen LogP contribution in [0.1, 0.15) is 46.2 Å². The van der Waals surface area contributed by atoms with Crippen LogP contribution in [0.15, 0.2) is 24.3 Å². The second-order valence-corrected chi connectivity index (χ2v) is 8.71. The molecule has 1 aromatic heterocycles. The number of hydrogen-bond acceptors (Lipinski definition) is 3. The lowest BCUT2D eigenvalue weighted by Crippen LogP contribution is -2.53. The van der Waals surface area contributed by atoms with E-state index in [1.54, 1.807) is 25.1 Å². The van der Waals surface area contributed by atoms with Crippen LogP contribution in [0.2, 0.25) is 0 Å². The van der Waals surface area contributed by atoms with Gasteiger partial charge in [0.05, 0.1) is 0 Å². The molecule has 2 aliphatic rings. The fourth-order valence-corrected chi connectivity index (χ4v) is 5.34. The molecule has 1 amide bonds. The Bertz CT molecular complexity index is 901. The Morgan fingerprint density at radius 1 is 1.39 bits per heavy atom. The van der Waals surface area contributed by atoms with Gasteiger partial charge in [-0.1, -0.05) is 19.1 Å². The summed E-state index contributed by atoms with van der Waals surface area (Å²) in [7, 11) is 3.60. The molecular weight excluding hydrogens is 350 g/mol. The second-order valence-electron chi connectivity index (χ2n) is 8.71. The maximum absolute atomic E-state index is 12.6. The standard InChI is InChI=1S/C23H31N3O2/c1-5-26-10-9-23(16-7-6-8-18(27)11-16)13-20-19(12-17(23)14-26)15(2)21(24-20)22(28)25(3)4/h6-8,11,17,24,27H,5,9-10,12-14H2,1-4H3/t17?,23-/m1/s1. The van der Waals surface area contributed by atoms with Crippen molar-refractivity contribution in [3.63, 3.8) is 0 Å². The number of amides is 1. The van der Waals surface area contributed by atoms with Crippen LogP contribution in [0.25, 0.3) is 0 Å². The maximum Gasteiger partial charge on any atom is 0.270 e. The predicted molar refractivity (Wildman–Crippen MR) is 111 cm³/mol. The third-order valence-electron chi connectivity index (χ3n) is 7.03. The smallest absolute Gasteiger partial charge is 0.270 e. The van der Waals surface area contributed by atoms with E-state index in [4.69, 9.17) is 0 Å². The zero-order valence-corrected chi connectivity index (χ0v) is 17.4. The molecule has 5 nitrogen and oxygen atoms in total. The predicted octanol–water partition coefficient (Wildman–Crippen LogP) is 3.11. The molecule has 2 heterocycles. The number of nitrogens with zero attached hydrogens (tertiary/aromatic N) is 2. The number of carbonyl (C=O) groups is 1. The molecule has 2 atom stereocenters. The van der Waals surface area contributed by atoms with Crippen LogP contribution in [0.3, 0.4) is 0 Å². The molecule has 28 heavy (non-hydrogen) atoms. The van der Waals surface area contributed by atoms with Gasteiger partial charge in [0.15, 0.2) is 0 Å². The quantitative estimate of drug-likeness (QED) is 0.859. The zero-order valence-electron chi connectivity index (χ0n) is 17.4. The van der Waals surface area contributed by atoms with Gasteiger partial charge in [0.25, 0.3) is 5.91 Å². The number of fused-ring (bicyclic) bond motifs is 2. The second kappa shape index (κ2) is 6.96. The number of benzene rings is 1. The van der Waals surface area contributed by atoms with E-state index in [2.05, 4.69) is 29.8 Å². The molecule has 1 aromatic carbocycles. The summed E-state index contributed by atoms with van der Waals surface area (Å²) in [6, 6.07) is 7.82. The van der Waals surface area contributed by atoms with E-state index in [1.807, 2.05) is 12.1 Å². The number of hydrogen-bond donors (Lipinski definition) is 2. The fraction of sp³-hybridized carbons (Fsp3) is 0.522.